The van der Waals surface area contributed by atoms with E-state index in [9.17, 15) is 5.11 Å². The number of rotatable bonds is 7. The van der Waals surface area contributed by atoms with Crippen LogP contribution in [-0.2, 0) is 13.1 Å². The predicted molar refractivity (Wildman–Crippen MR) is 120 cm³/mol. The molecule has 29 heavy (non-hydrogen) atoms. The van der Waals surface area contributed by atoms with Gasteiger partial charge in [0.1, 0.15) is 17.2 Å². The highest BCUT2D eigenvalue weighted by atomic mass is 32.1. The number of benzene rings is 3. The third kappa shape index (κ3) is 5.39. The van der Waals surface area contributed by atoms with Gasteiger partial charge in [0.15, 0.2) is 5.11 Å². The van der Waals surface area contributed by atoms with E-state index < -0.39 is 0 Å². The van der Waals surface area contributed by atoms with E-state index in [-0.39, 0.29) is 5.75 Å². The molecule has 0 heterocycles. The number of aromatic hydroxyl groups is 1. The molecule has 0 aliphatic carbocycles. The number of phenols is 1. The number of nitrogens with one attached hydrogen (secondary N) is 1. The van der Waals surface area contributed by atoms with Crippen molar-refractivity contribution in [3.05, 3.63) is 83.9 Å². The lowest BCUT2D eigenvalue weighted by atomic mass is 10.1. The molecule has 3 aromatic carbocycles. The minimum absolute atomic E-state index is 0.240. The van der Waals surface area contributed by atoms with Gasteiger partial charge in [0.25, 0.3) is 0 Å². The Morgan fingerprint density at radius 1 is 0.897 bits per heavy atom. The van der Waals surface area contributed by atoms with Crippen LogP contribution in [0.25, 0.3) is 0 Å². The summed E-state index contributed by atoms with van der Waals surface area (Å²) in [5.74, 6) is 1.83. The maximum Gasteiger partial charge on any atom is 0.174 e. The van der Waals surface area contributed by atoms with Crippen LogP contribution in [0.5, 0.6) is 17.2 Å². The maximum absolute atomic E-state index is 10.2. The van der Waals surface area contributed by atoms with E-state index in [1.54, 1.807) is 26.4 Å². The molecule has 0 fully saturated rings. The van der Waals surface area contributed by atoms with Crippen molar-refractivity contribution in [2.24, 2.45) is 0 Å². The van der Waals surface area contributed by atoms with Gasteiger partial charge in [-0.25, -0.2) is 0 Å². The quantitative estimate of drug-likeness (QED) is 0.562. The zero-order chi connectivity index (χ0) is 20.6. The summed E-state index contributed by atoms with van der Waals surface area (Å²) in [6, 6.07) is 22.8. The molecule has 0 saturated carbocycles. The summed E-state index contributed by atoms with van der Waals surface area (Å²) in [5.41, 5.74) is 2.78. The molecule has 3 rings (SSSR count). The molecule has 0 amide bonds. The standard InChI is InChI=1S/C23H24N2O3S/c1-27-20-11-7-17(8-12-20)15-24-23(29)25(16-18-5-3-4-6-22(18)26)19-9-13-21(28-2)14-10-19/h3-14,26H,15-16H2,1-2H3,(H,24,29). The van der Waals surface area contributed by atoms with Gasteiger partial charge in [-0.15, -0.1) is 0 Å². The summed E-state index contributed by atoms with van der Waals surface area (Å²) < 4.78 is 10.5. The van der Waals surface area contributed by atoms with Gasteiger partial charge in [0.05, 0.1) is 20.8 Å². The average molecular weight is 409 g/mol. The summed E-state index contributed by atoms with van der Waals surface area (Å²) in [7, 11) is 3.28. The van der Waals surface area contributed by atoms with Crippen molar-refractivity contribution in [3.63, 3.8) is 0 Å². The first kappa shape index (κ1) is 20.5. The highest BCUT2D eigenvalue weighted by Gasteiger charge is 2.15. The van der Waals surface area contributed by atoms with Crippen LogP contribution in [0.1, 0.15) is 11.1 Å². The van der Waals surface area contributed by atoms with Crippen LogP contribution in [-0.4, -0.2) is 24.4 Å². The molecule has 3 aromatic rings. The molecule has 150 valence electrons. The summed E-state index contributed by atoms with van der Waals surface area (Å²) in [6.07, 6.45) is 0. The molecule has 0 aromatic heterocycles. The minimum atomic E-state index is 0.240. The van der Waals surface area contributed by atoms with Crippen molar-refractivity contribution in [2.75, 3.05) is 19.1 Å². The first-order chi connectivity index (χ1) is 14.1. The number of phenolic OH excluding ortho intramolecular Hbond substituents is 1. The molecule has 0 bridgehead atoms. The molecule has 0 radical (unpaired) electrons. The fraction of sp³-hybridized carbons (Fsp3) is 0.174. The normalized spacial score (nSPS) is 10.3. The lowest BCUT2D eigenvalue weighted by molar-refractivity contribution is 0.414. The highest BCUT2D eigenvalue weighted by molar-refractivity contribution is 7.80. The van der Waals surface area contributed by atoms with E-state index in [2.05, 4.69) is 5.32 Å². The molecule has 5 nitrogen and oxygen atoms in total. The molecule has 0 aliphatic heterocycles. The lowest BCUT2D eigenvalue weighted by Gasteiger charge is -2.26. The van der Waals surface area contributed by atoms with Gasteiger partial charge in [0.2, 0.25) is 0 Å². The van der Waals surface area contributed by atoms with Gasteiger partial charge >= 0.3 is 0 Å². The average Bonchev–Trinajstić information content (AvgIpc) is 2.77. The summed E-state index contributed by atoms with van der Waals surface area (Å²) in [5, 5.41) is 14.1. The van der Waals surface area contributed by atoms with Gasteiger partial charge in [-0.2, -0.15) is 0 Å². The molecule has 0 spiro atoms. The number of hydrogen-bond donors (Lipinski definition) is 2. The fourth-order valence-corrected chi connectivity index (χ4v) is 3.12. The molecule has 0 unspecified atom stereocenters. The number of methoxy groups -OCH3 is 2. The predicted octanol–water partition coefficient (Wildman–Crippen LogP) is 4.49. The zero-order valence-electron chi connectivity index (χ0n) is 16.5. The fourth-order valence-electron chi connectivity index (χ4n) is 2.87. The van der Waals surface area contributed by atoms with Crippen LogP contribution in [0.4, 0.5) is 5.69 Å². The van der Waals surface area contributed by atoms with E-state index in [0.717, 1.165) is 28.3 Å². The number of anilines is 1. The first-order valence-electron chi connectivity index (χ1n) is 9.20. The van der Waals surface area contributed by atoms with E-state index in [1.807, 2.05) is 65.6 Å². The van der Waals surface area contributed by atoms with Crippen LogP contribution in [0, 0.1) is 0 Å². The molecule has 0 saturated heterocycles. The summed E-state index contributed by atoms with van der Waals surface area (Å²) in [4.78, 5) is 1.95. The Balaban J connectivity index is 1.78. The van der Waals surface area contributed by atoms with Gasteiger partial charge in [-0.1, -0.05) is 30.3 Å². The van der Waals surface area contributed by atoms with E-state index in [1.165, 1.54) is 0 Å². The van der Waals surface area contributed by atoms with E-state index in [0.29, 0.717) is 18.2 Å². The molecule has 0 aliphatic rings. The Hall–Kier alpha value is -3.25. The van der Waals surface area contributed by atoms with Crippen LogP contribution < -0.4 is 19.7 Å². The van der Waals surface area contributed by atoms with Crippen molar-refractivity contribution in [1.82, 2.24) is 5.32 Å². The Bertz CT molecular complexity index is 943. The van der Waals surface area contributed by atoms with Gasteiger partial charge < -0.3 is 24.8 Å². The Kier molecular flexibility index (Phi) is 6.92. The van der Waals surface area contributed by atoms with Gasteiger partial charge in [-0.05, 0) is 60.2 Å². The summed E-state index contributed by atoms with van der Waals surface area (Å²) >= 11 is 5.69. The second-order valence-corrected chi connectivity index (χ2v) is 6.81. The molecule has 0 atom stereocenters. The zero-order valence-corrected chi connectivity index (χ0v) is 17.3. The molecular weight excluding hydrogens is 384 g/mol. The first-order valence-corrected chi connectivity index (χ1v) is 9.60. The van der Waals surface area contributed by atoms with Crippen molar-refractivity contribution in [2.45, 2.75) is 13.1 Å². The van der Waals surface area contributed by atoms with Gasteiger partial charge in [-0.3, -0.25) is 0 Å². The van der Waals surface area contributed by atoms with E-state index >= 15 is 0 Å². The summed E-state index contributed by atoms with van der Waals surface area (Å²) in [6.45, 7) is 1.02. The molecular formula is C23H24N2O3S. The van der Waals surface area contributed by atoms with E-state index in [4.69, 9.17) is 21.7 Å². The Morgan fingerprint density at radius 3 is 2.07 bits per heavy atom. The molecule has 2 N–H and O–H groups in total. The van der Waals surface area contributed by atoms with Crippen molar-refractivity contribution < 1.29 is 14.6 Å². The van der Waals surface area contributed by atoms with Crippen LogP contribution >= 0.6 is 12.2 Å². The van der Waals surface area contributed by atoms with Crippen LogP contribution in [0.15, 0.2) is 72.8 Å². The second kappa shape index (κ2) is 9.80. The maximum atomic E-state index is 10.2. The SMILES string of the molecule is COc1ccc(CNC(=S)N(Cc2ccccc2O)c2ccc(OC)cc2)cc1. The number of para-hydroxylation sites is 1. The number of hydrogen-bond acceptors (Lipinski definition) is 4. The van der Waals surface area contributed by atoms with Gasteiger partial charge in [0, 0.05) is 17.8 Å². The lowest BCUT2D eigenvalue weighted by Crippen LogP contribution is -2.39. The second-order valence-electron chi connectivity index (χ2n) is 6.42. The third-order valence-corrected chi connectivity index (χ3v) is 4.92. The monoisotopic (exact) mass is 408 g/mol. The Labute approximate surface area is 176 Å². The Morgan fingerprint density at radius 2 is 1.48 bits per heavy atom. The van der Waals surface area contributed by atoms with Crippen LogP contribution in [0.3, 0.4) is 0 Å². The number of ether oxygens (including phenoxy) is 2. The molecule has 6 heteroatoms. The van der Waals surface area contributed by atoms with Crippen LogP contribution in [0.2, 0.25) is 0 Å². The number of thiocarbonyl (C=S) groups is 1. The largest absolute Gasteiger partial charge is 0.508 e. The van der Waals surface area contributed by atoms with Crippen molar-refractivity contribution in [3.8, 4) is 17.2 Å². The smallest absolute Gasteiger partial charge is 0.174 e. The van der Waals surface area contributed by atoms with Crippen molar-refractivity contribution in [1.29, 1.82) is 0 Å². The highest BCUT2D eigenvalue weighted by Crippen LogP contribution is 2.24. The van der Waals surface area contributed by atoms with Crippen molar-refractivity contribution >= 4 is 23.0 Å². The number of nitrogens with zero attached hydrogens (tertiary/aromatic N) is 1. The third-order valence-electron chi connectivity index (χ3n) is 4.55. The topological polar surface area (TPSA) is 54.0 Å². The minimum Gasteiger partial charge on any atom is -0.508 e.